The molecule has 1 fully saturated rings. The van der Waals surface area contributed by atoms with Crippen LogP contribution in [-0.4, -0.2) is 65.8 Å². The highest BCUT2D eigenvalue weighted by Crippen LogP contribution is 2.19. The summed E-state index contributed by atoms with van der Waals surface area (Å²) < 4.78 is 5.45. The maximum Gasteiger partial charge on any atom is 0.253 e. The third kappa shape index (κ3) is 5.80. The van der Waals surface area contributed by atoms with Crippen LogP contribution in [0, 0.1) is 19.8 Å². The lowest BCUT2D eigenvalue weighted by atomic mass is 10.0. The van der Waals surface area contributed by atoms with E-state index in [1.165, 1.54) is 5.56 Å². The Bertz CT molecular complexity index is 935. The Morgan fingerprint density at radius 3 is 2.73 bits per heavy atom. The van der Waals surface area contributed by atoms with Crippen molar-refractivity contribution in [3.63, 3.8) is 0 Å². The maximum absolute atomic E-state index is 12.9. The van der Waals surface area contributed by atoms with Crippen molar-refractivity contribution in [1.82, 2.24) is 20.1 Å². The molecule has 2 heterocycles. The smallest absolute Gasteiger partial charge is 0.253 e. The average molecular weight is 431 g/mol. The lowest BCUT2D eigenvalue weighted by molar-refractivity contribution is 0.0357. The van der Waals surface area contributed by atoms with E-state index < -0.39 is 0 Å². The van der Waals surface area contributed by atoms with Crippen LogP contribution in [0.15, 0.2) is 23.0 Å². The molecule has 2 aromatic rings. The molecule has 3 rings (SSSR count). The summed E-state index contributed by atoms with van der Waals surface area (Å²) in [5.74, 6) is 0.499. The average Bonchev–Trinajstić information content (AvgIpc) is 2.73. The largest absolute Gasteiger partial charge is 0.379 e. The van der Waals surface area contributed by atoms with Crippen LogP contribution in [0.25, 0.3) is 10.9 Å². The van der Waals surface area contributed by atoms with Gasteiger partial charge in [-0.3, -0.25) is 9.69 Å². The number of rotatable bonds is 7. The maximum atomic E-state index is 12.9. The van der Waals surface area contributed by atoms with Crippen LogP contribution in [0.4, 0.5) is 0 Å². The van der Waals surface area contributed by atoms with Gasteiger partial charge in [-0.05, 0) is 54.6 Å². The van der Waals surface area contributed by atoms with Gasteiger partial charge in [0.25, 0.3) is 5.56 Å². The molecule has 0 unspecified atom stereocenters. The SMILES string of the molecule is Cc1ccc2cc(CN(CCN3CCOCC3)C(=S)NCC(C)C)c(=O)[nH]c2c1C. The predicted molar refractivity (Wildman–Crippen MR) is 127 cm³/mol. The van der Waals surface area contributed by atoms with Crippen LogP contribution in [0.1, 0.15) is 30.5 Å². The molecule has 0 amide bonds. The molecule has 1 saturated heterocycles. The van der Waals surface area contributed by atoms with Gasteiger partial charge in [0, 0.05) is 38.3 Å². The zero-order valence-corrected chi connectivity index (χ0v) is 19.4. The summed E-state index contributed by atoms with van der Waals surface area (Å²) >= 11 is 5.70. The fourth-order valence-electron chi connectivity index (χ4n) is 3.64. The molecule has 1 aromatic heterocycles. The number of thiocarbonyl (C=S) groups is 1. The number of morpholine rings is 1. The Balaban J connectivity index is 1.80. The number of ether oxygens (including phenoxy) is 1. The standard InChI is InChI=1S/C23H34N4O2S/c1-16(2)14-24-23(30)27(8-7-26-9-11-29-12-10-26)15-20-13-19-6-5-17(3)18(4)21(19)25-22(20)28/h5-6,13,16H,7-12,14-15H2,1-4H3,(H,24,30)(H,25,28). The van der Waals surface area contributed by atoms with Crippen molar-refractivity contribution >= 4 is 28.2 Å². The van der Waals surface area contributed by atoms with Crippen molar-refractivity contribution in [2.45, 2.75) is 34.2 Å². The van der Waals surface area contributed by atoms with E-state index in [4.69, 9.17) is 17.0 Å². The van der Waals surface area contributed by atoms with E-state index in [0.717, 1.165) is 68.0 Å². The molecule has 0 spiro atoms. The molecule has 30 heavy (non-hydrogen) atoms. The minimum Gasteiger partial charge on any atom is -0.379 e. The number of aromatic amines is 1. The Labute approximate surface area is 184 Å². The summed E-state index contributed by atoms with van der Waals surface area (Å²) in [6.07, 6.45) is 0. The summed E-state index contributed by atoms with van der Waals surface area (Å²) in [5, 5.41) is 5.13. The lowest BCUT2D eigenvalue weighted by Gasteiger charge is -2.31. The minimum atomic E-state index is -0.0424. The van der Waals surface area contributed by atoms with E-state index in [9.17, 15) is 4.79 Å². The highest BCUT2D eigenvalue weighted by atomic mass is 32.1. The number of benzene rings is 1. The Kier molecular flexibility index (Phi) is 7.86. The van der Waals surface area contributed by atoms with E-state index >= 15 is 0 Å². The number of hydrogen-bond acceptors (Lipinski definition) is 4. The summed E-state index contributed by atoms with van der Waals surface area (Å²) in [6, 6.07) is 6.18. The van der Waals surface area contributed by atoms with Crippen LogP contribution in [0.5, 0.6) is 0 Å². The zero-order chi connectivity index (χ0) is 21.7. The van der Waals surface area contributed by atoms with Crippen LogP contribution in [0.2, 0.25) is 0 Å². The Morgan fingerprint density at radius 1 is 1.30 bits per heavy atom. The van der Waals surface area contributed by atoms with Gasteiger partial charge in [0.2, 0.25) is 0 Å². The van der Waals surface area contributed by atoms with Gasteiger partial charge >= 0.3 is 0 Å². The number of H-pyrrole nitrogens is 1. The highest BCUT2D eigenvalue weighted by Gasteiger charge is 2.17. The van der Waals surface area contributed by atoms with Crippen molar-refractivity contribution < 1.29 is 4.74 Å². The lowest BCUT2D eigenvalue weighted by Crippen LogP contribution is -2.46. The van der Waals surface area contributed by atoms with Gasteiger partial charge in [-0.25, -0.2) is 0 Å². The van der Waals surface area contributed by atoms with Gasteiger partial charge in [-0.15, -0.1) is 0 Å². The molecule has 6 nitrogen and oxygen atoms in total. The third-order valence-corrected chi connectivity index (χ3v) is 6.13. The van der Waals surface area contributed by atoms with Crippen molar-refractivity contribution in [3.8, 4) is 0 Å². The predicted octanol–water partition coefficient (Wildman–Crippen LogP) is 2.81. The van der Waals surface area contributed by atoms with Crippen molar-refractivity contribution in [2.24, 2.45) is 5.92 Å². The molecule has 0 radical (unpaired) electrons. The van der Waals surface area contributed by atoms with E-state index in [0.29, 0.717) is 17.6 Å². The number of pyridine rings is 1. The van der Waals surface area contributed by atoms with Crippen LogP contribution in [-0.2, 0) is 11.3 Å². The van der Waals surface area contributed by atoms with Gasteiger partial charge in [0.15, 0.2) is 5.11 Å². The number of aromatic nitrogens is 1. The number of aryl methyl sites for hydroxylation is 2. The summed E-state index contributed by atoms with van der Waals surface area (Å²) in [7, 11) is 0. The van der Waals surface area contributed by atoms with E-state index in [2.05, 4.69) is 53.0 Å². The van der Waals surface area contributed by atoms with Gasteiger partial charge in [0.05, 0.1) is 25.3 Å². The molecule has 0 aliphatic carbocycles. The number of nitrogens with one attached hydrogen (secondary N) is 2. The summed E-state index contributed by atoms with van der Waals surface area (Å²) in [5.41, 5.74) is 3.91. The molecule has 0 atom stereocenters. The number of hydrogen-bond donors (Lipinski definition) is 2. The quantitative estimate of drug-likeness (QED) is 0.659. The summed E-state index contributed by atoms with van der Waals surface area (Å²) in [6.45, 7) is 14.8. The second-order valence-corrected chi connectivity index (χ2v) is 8.94. The van der Waals surface area contributed by atoms with Gasteiger partial charge in [-0.2, -0.15) is 0 Å². The molecule has 2 N–H and O–H groups in total. The minimum absolute atomic E-state index is 0.0424. The molecule has 1 aliphatic heterocycles. The molecule has 7 heteroatoms. The normalized spacial score (nSPS) is 15.0. The van der Waals surface area contributed by atoms with Crippen molar-refractivity contribution in [2.75, 3.05) is 45.9 Å². The second kappa shape index (κ2) is 10.4. The topological polar surface area (TPSA) is 60.6 Å². The van der Waals surface area contributed by atoms with Crippen LogP contribution in [0.3, 0.4) is 0 Å². The Hall–Kier alpha value is -1.96. The number of fused-ring (bicyclic) bond motifs is 1. The molecule has 164 valence electrons. The van der Waals surface area contributed by atoms with E-state index in [-0.39, 0.29) is 5.56 Å². The monoisotopic (exact) mass is 430 g/mol. The van der Waals surface area contributed by atoms with Crippen LogP contribution < -0.4 is 10.9 Å². The van der Waals surface area contributed by atoms with Gasteiger partial charge in [-0.1, -0.05) is 26.0 Å². The molecule has 1 aliphatic rings. The van der Waals surface area contributed by atoms with Gasteiger partial charge < -0.3 is 19.9 Å². The molecule has 0 bridgehead atoms. The first kappa shape index (κ1) is 22.7. The van der Waals surface area contributed by atoms with Crippen molar-refractivity contribution in [1.29, 1.82) is 0 Å². The van der Waals surface area contributed by atoms with Crippen molar-refractivity contribution in [3.05, 3.63) is 45.2 Å². The first-order chi connectivity index (χ1) is 14.3. The summed E-state index contributed by atoms with van der Waals surface area (Å²) in [4.78, 5) is 20.5. The second-order valence-electron chi connectivity index (χ2n) is 8.55. The fraction of sp³-hybridized carbons (Fsp3) is 0.565. The Morgan fingerprint density at radius 2 is 2.03 bits per heavy atom. The number of nitrogens with zero attached hydrogens (tertiary/aromatic N) is 2. The van der Waals surface area contributed by atoms with Crippen LogP contribution >= 0.6 is 12.2 Å². The molecular formula is C23H34N4O2S. The first-order valence-electron chi connectivity index (χ1n) is 10.8. The highest BCUT2D eigenvalue weighted by molar-refractivity contribution is 7.80. The third-order valence-electron chi connectivity index (χ3n) is 5.73. The van der Waals surface area contributed by atoms with E-state index in [1.54, 1.807) is 0 Å². The fourth-order valence-corrected chi connectivity index (χ4v) is 3.87. The zero-order valence-electron chi connectivity index (χ0n) is 18.6. The molecule has 1 aromatic carbocycles. The molecule has 0 saturated carbocycles. The van der Waals surface area contributed by atoms with Gasteiger partial charge in [0.1, 0.15) is 0 Å². The van der Waals surface area contributed by atoms with E-state index in [1.807, 2.05) is 13.0 Å². The molecular weight excluding hydrogens is 396 g/mol. The first-order valence-corrected chi connectivity index (χ1v) is 11.2.